The first-order chi connectivity index (χ1) is 18.3. The first-order valence-corrected chi connectivity index (χ1v) is 13.6. The lowest BCUT2D eigenvalue weighted by Gasteiger charge is -2.40. The smallest absolute Gasteiger partial charge is 0.337 e. The fourth-order valence-corrected chi connectivity index (χ4v) is 4.87. The average Bonchev–Trinajstić information content (AvgIpc) is 3.27. The van der Waals surface area contributed by atoms with E-state index in [1.807, 2.05) is 59.1 Å². The highest BCUT2D eigenvalue weighted by molar-refractivity contribution is 5.85. The quantitative estimate of drug-likeness (QED) is 0.390. The number of anilines is 1. The standard InChI is InChI=1S/C30H41N5O4/c1-20-25(27(28(36)37)39-29(2,3)4)26(35-15-12-30(5,6)13-16-35)23(19-31-20)24-9-8-22(18-32-24)38-17-11-21-10-14-34(7)33-21/h8-10,14,18-19,27H,11-13,15-17H2,1-7H3,(H,36,37). The van der Waals surface area contributed by atoms with Crippen LogP contribution in [0.4, 0.5) is 5.69 Å². The lowest BCUT2D eigenvalue weighted by molar-refractivity contribution is -0.160. The third kappa shape index (κ3) is 7.15. The van der Waals surface area contributed by atoms with Gasteiger partial charge in [-0.1, -0.05) is 13.8 Å². The minimum absolute atomic E-state index is 0.236. The Morgan fingerprint density at radius 2 is 1.85 bits per heavy atom. The maximum atomic E-state index is 12.6. The van der Waals surface area contributed by atoms with Crippen molar-refractivity contribution in [2.24, 2.45) is 12.5 Å². The Morgan fingerprint density at radius 1 is 1.13 bits per heavy atom. The van der Waals surface area contributed by atoms with Crippen LogP contribution in [-0.4, -0.2) is 56.1 Å². The highest BCUT2D eigenvalue weighted by atomic mass is 16.5. The Bertz CT molecular complexity index is 1280. The Morgan fingerprint density at radius 3 is 2.41 bits per heavy atom. The summed E-state index contributed by atoms with van der Waals surface area (Å²) in [4.78, 5) is 24.2. The largest absolute Gasteiger partial charge is 0.492 e. The molecule has 0 saturated carbocycles. The normalized spacial score (nSPS) is 16.2. The Kier molecular flexibility index (Phi) is 8.30. The van der Waals surface area contributed by atoms with E-state index in [2.05, 4.69) is 28.8 Å². The van der Waals surface area contributed by atoms with Crippen molar-refractivity contribution in [2.45, 2.75) is 72.5 Å². The number of hydrogen-bond donors (Lipinski definition) is 1. The number of hydrogen-bond acceptors (Lipinski definition) is 7. The van der Waals surface area contributed by atoms with Crippen LogP contribution in [0.15, 0.2) is 36.8 Å². The van der Waals surface area contributed by atoms with Gasteiger partial charge in [-0.15, -0.1) is 0 Å². The second kappa shape index (κ2) is 11.3. The molecular weight excluding hydrogens is 494 g/mol. The number of carbonyl (C=O) groups is 1. The fraction of sp³-hybridized carbons (Fsp3) is 0.533. The average molecular weight is 536 g/mol. The molecule has 1 N–H and O–H groups in total. The zero-order valence-electron chi connectivity index (χ0n) is 24.2. The predicted octanol–water partition coefficient (Wildman–Crippen LogP) is 5.37. The number of aryl methyl sites for hydroxylation is 2. The van der Waals surface area contributed by atoms with Crippen molar-refractivity contribution in [3.05, 3.63) is 53.7 Å². The van der Waals surface area contributed by atoms with Gasteiger partial charge < -0.3 is 19.5 Å². The molecule has 1 aliphatic rings. The van der Waals surface area contributed by atoms with Gasteiger partial charge in [-0.05, 0) is 64.2 Å². The molecule has 3 aromatic rings. The van der Waals surface area contributed by atoms with Crippen LogP contribution in [0.25, 0.3) is 11.3 Å². The first-order valence-electron chi connectivity index (χ1n) is 13.6. The number of ether oxygens (including phenoxy) is 2. The van der Waals surface area contributed by atoms with Gasteiger partial charge in [-0.25, -0.2) is 4.79 Å². The number of carboxylic acid groups (broad SMARTS) is 1. The second-order valence-electron chi connectivity index (χ2n) is 12.1. The van der Waals surface area contributed by atoms with Crippen LogP contribution in [0.3, 0.4) is 0 Å². The number of piperidine rings is 1. The highest BCUT2D eigenvalue weighted by Gasteiger charge is 2.36. The summed E-state index contributed by atoms with van der Waals surface area (Å²) >= 11 is 0. The van der Waals surface area contributed by atoms with Gasteiger partial charge in [0, 0.05) is 55.8 Å². The molecule has 39 heavy (non-hydrogen) atoms. The maximum absolute atomic E-state index is 12.6. The second-order valence-corrected chi connectivity index (χ2v) is 12.1. The van der Waals surface area contributed by atoms with E-state index in [0.717, 1.165) is 42.9 Å². The molecule has 0 aromatic carbocycles. The van der Waals surface area contributed by atoms with Gasteiger partial charge in [-0.2, -0.15) is 5.10 Å². The summed E-state index contributed by atoms with van der Waals surface area (Å²) < 4.78 is 13.8. The van der Waals surface area contributed by atoms with Crippen molar-refractivity contribution in [1.82, 2.24) is 19.7 Å². The summed E-state index contributed by atoms with van der Waals surface area (Å²) in [5.74, 6) is -0.370. The van der Waals surface area contributed by atoms with Crippen molar-refractivity contribution in [3.8, 4) is 17.0 Å². The zero-order valence-corrected chi connectivity index (χ0v) is 24.2. The predicted molar refractivity (Wildman–Crippen MR) is 151 cm³/mol. The number of nitrogens with zero attached hydrogens (tertiary/aromatic N) is 5. The van der Waals surface area contributed by atoms with Crippen LogP contribution in [-0.2, 0) is 23.0 Å². The summed E-state index contributed by atoms with van der Waals surface area (Å²) in [5, 5.41) is 14.7. The molecular formula is C30H41N5O4. The van der Waals surface area contributed by atoms with Crippen molar-refractivity contribution < 1.29 is 19.4 Å². The van der Waals surface area contributed by atoms with Crippen LogP contribution < -0.4 is 9.64 Å². The number of carboxylic acids is 1. The number of aliphatic carboxylic acids is 1. The zero-order chi connectivity index (χ0) is 28.4. The van der Waals surface area contributed by atoms with Gasteiger partial charge in [0.15, 0.2) is 6.10 Å². The minimum Gasteiger partial charge on any atom is -0.492 e. The first kappa shape index (κ1) is 28.5. The summed E-state index contributed by atoms with van der Waals surface area (Å²) in [6, 6.07) is 5.78. The lowest BCUT2D eigenvalue weighted by Crippen LogP contribution is -2.39. The van der Waals surface area contributed by atoms with Gasteiger partial charge >= 0.3 is 5.97 Å². The molecule has 1 unspecified atom stereocenters. The van der Waals surface area contributed by atoms with Crippen LogP contribution >= 0.6 is 0 Å². The molecule has 1 fully saturated rings. The molecule has 0 aliphatic carbocycles. The SMILES string of the molecule is Cc1ncc(-c2ccc(OCCc3ccn(C)n3)cn2)c(N2CCC(C)(C)CC2)c1C(OC(C)(C)C)C(=O)O. The molecule has 1 atom stereocenters. The fourth-order valence-electron chi connectivity index (χ4n) is 4.87. The Hall–Kier alpha value is -3.46. The summed E-state index contributed by atoms with van der Waals surface area (Å²) in [7, 11) is 1.89. The van der Waals surface area contributed by atoms with Crippen LogP contribution in [0.5, 0.6) is 5.75 Å². The minimum atomic E-state index is -1.16. The molecule has 4 rings (SSSR count). The van der Waals surface area contributed by atoms with Crippen molar-refractivity contribution >= 4 is 11.7 Å². The van der Waals surface area contributed by atoms with E-state index in [9.17, 15) is 9.90 Å². The van der Waals surface area contributed by atoms with Crippen molar-refractivity contribution in [2.75, 3.05) is 24.6 Å². The molecule has 3 aromatic heterocycles. The van der Waals surface area contributed by atoms with Crippen LogP contribution in [0.2, 0.25) is 0 Å². The highest BCUT2D eigenvalue weighted by Crippen LogP contribution is 2.43. The Balaban J connectivity index is 1.69. The molecule has 0 amide bonds. The topological polar surface area (TPSA) is 103 Å². The summed E-state index contributed by atoms with van der Waals surface area (Å²) in [6.45, 7) is 14.1. The van der Waals surface area contributed by atoms with Crippen LogP contribution in [0, 0.1) is 12.3 Å². The molecule has 9 nitrogen and oxygen atoms in total. The van der Waals surface area contributed by atoms with E-state index >= 15 is 0 Å². The van der Waals surface area contributed by atoms with E-state index < -0.39 is 17.7 Å². The van der Waals surface area contributed by atoms with Crippen molar-refractivity contribution in [1.29, 1.82) is 0 Å². The van der Waals surface area contributed by atoms with Gasteiger partial charge in [0.25, 0.3) is 0 Å². The third-order valence-corrected chi connectivity index (χ3v) is 7.09. The van der Waals surface area contributed by atoms with E-state index in [-0.39, 0.29) is 5.41 Å². The van der Waals surface area contributed by atoms with E-state index in [4.69, 9.17) is 14.5 Å². The molecule has 4 heterocycles. The monoisotopic (exact) mass is 535 g/mol. The van der Waals surface area contributed by atoms with E-state index in [1.54, 1.807) is 17.1 Å². The summed E-state index contributed by atoms with van der Waals surface area (Å²) in [5.41, 5.74) is 4.13. The molecule has 210 valence electrons. The summed E-state index contributed by atoms with van der Waals surface area (Å²) in [6.07, 6.45) is 6.97. The number of pyridine rings is 2. The van der Waals surface area contributed by atoms with E-state index in [1.165, 1.54) is 0 Å². The molecule has 0 spiro atoms. The number of rotatable bonds is 9. The van der Waals surface area contributed by atoms with E-state index in [0.29, 0.717) is 35.7 Å². The molecule has 9 heteroatoms. The number of aromatic nitrogens is 4. The third-order valence-electron chi connectivity index (χ3n) is 7.09. The molecule has 0 radical (unpaired) electrons. The molecule has 1 aliphatic heterocycles. The van der Waals surface area contributed by atoms with Gasteiger partial charge in [0.05, 0.1) is 35.5 Å². The van der Waals surface area contributed by atoms with Gasteiger partial charge in [0.1, 0.15) is 5.75 Å². The lowest BCUT2D eigenvalue weighted by atomic mass is 9.82. The van der Waals surface area contributed by atoms with Gasteiger partial charge in [-0.3, -0.25) is 14.6 Å². The van der Waals surface area contributed by atoms with Gasteiger partial charge in [0.2, 0.25) is 0 Å². The molecule has 1 saturated heterocycles. The molecule has 0 bridgehead atoms. The van der Waals surface area contributed by atoms with Crippen LogP contribution in [0.1, 0.15) is 70.5 Å². The Labute approximate surface area is 231 Å². The maximum Gasteiger partial charge on any atom is 0.337 e. The van der Waals surface area contributed by atoms with Crippen molar-refractivity contribution in [3.63, 3.8) is 0 Å².